The summed E-state index contributed by atoms with van der Waals surface area (Å²) < 4.78 is 3.18. The van der Waals surface area contributed by atoms with Crippen LogP contribution in [0.2, 0.25) is 0 Å². The van der Waals surface area contributed by atoms with Crippen LogP contribution in [0, 0.1) is 0 Å². The molecule has 9 nitrogen and oxygen atoms in total. The Morgan fingerprint density at radius 3 is 2.91 bits per heavy atom. The number of aromatic nitrogens is 5. The first-order valence-electron chi connectivity index (χ1n) is 6.52. The molecule has 118 valence electrons. The molecule has 0 spiro atoms. The summed E-state index contributed by atoms with van der Waals surface area (Å²) in [5.74, 6) is 0.0123. The molecule has 0 atom stereocenters. The Morgan fingerprint density at radius 1 is 1.39 bits per heavy atom. The summed E-state index contributed by atoms with van der Waals surface area (Å²) in [4.78, 5) is 45.9. The quantitative estimate of drug-likeness (QED) is 0.632. The standard InChI is InChI=1S/C13H11BrN6O3/c1-19-11-10(12(22)18-13(19)23)20(6-15-11)5-9(21)17-8-4-2-3-7(14)16-8/h2-4,6H,5H2,1H3,(H,16,17,21)(H,18,22,23). The molecule has 0 unspecified atom stereocenters. The predicted octanol–water partition coefficient (Wildman–Crippen LogP) is 0.219. The van der Waals surface area contributed by atoms with E-state index in [2.05, 4.69) is 36.2 Å². The van der Waals surface area contributed by atoms with E-state index in [0.29, 0.717) is 10.4 Å². The van der Waals surface area contributed by atoms with Crippen LogP contribution in [0.3, 0.4) is 0 Å². The fourth-order valence-corrected chi connectivity index (χ4v) is 2.46. The molecule has 0 saturated heterocycles. The molecule has 0 bridgehead atoms. The van der Waals surface area contributed by atoms with Gasteiger partial charge in [-0.15, -0.1) is 0 Å². The molecule has 23 heavy (non-hydrogen) atoms. The van der Waals surface area contributed by atoms with E-state index in [9.17, 15) is 14.4 Å². The molecule has 0 fully saturated rings. The number of carbonyl (C=O) groups excluding carboxylic acids is 1. The topological polar surface area (TPSA) is 115 Å². The number of hydrogen-bond donors (Lipinski definition) is 2. The zero-order chi connectivity index (χ0) is 16.6. The number of imidazole rings is 1. The fourth-order valence-electron chi connectivity index (χ4n) is 2.12. The van der Waals surface area contributed by atoms with Gasteiger partial charge >= 0.3 is 5.69 Å². The summed E-state index contributed by atoms with van der Waals surface area (Å²) in [5.41, 5.74) is -0.777. The molecule has 3 heterocycles. The van der Waals surface area contributed by atoms with Crippen molar-refractivity contribution in [2.24, 2.45) is 7.05 Å². The van der Waals surface area contributed by atoms with Crippen LogP contribution < -0.4 is 16.6 Å². The van der Waals surface area contributed by atoms with Gasteiger partial charge in [0.25, 0.3) is 5.56 Å². The third-order valence-electron chi connectivity index (χ3n) is 3.17. The highest BCUT2D eigenvalue weighted by atomic mass is 79.9. The number of aryl methyl sites for hydroxylation is 1. The van der Waals surface area contributed by atoms with Crippen molar-refractivity contribution in [2.45, 2.75) is 6.54 Å². The van der Waals surface area contributed by atoms with Crippen LogP contribution in [-0.2, 0) is 18.4 Å². The smallest absolute Gasteiger partial charge is 0.315 e. The zero-order valence-electron chi connectivity index (χ0n) is 11.9. The first kappa shape index (κ1) is 15.2. The lowest BCUT2D eigenvalue weighted by molar-refractivity contribution is -0.116. The number of rotatable bonds is 3. The molecule has 0 aliphatic rings. The molecular weight excluding hydrogens is 368 g/mol. The maximum atomic E-state index is 12.1. The number of nitrogens with zero attached hydrogens (tertiary/aromatic N) is 4. The first-order chi connectivity index (χ1) is 11.0. The Morgan fingerprint density at radius 2 is 2.17 bits per heavy atom. The molecule has 0 saturated carbocycles. The Hall–Kier alpha value is -2.75. The highest BCUT2D eigenvalue weighted by Crippen LogP contribution is 2.10. The van der Waals surface area contributed by atoms with Crippen molar-refractivity contribution >= 4 is 38.8 Å². The number of hydrogen-bond acceptors (Lipinski definition) is 5. The summed E-state index contributed by atoms with van der Waals surface area (Å²) in [6.45, 7) is -0.133. The molecule has 0 aliphatic heterocycles. The van der Waals surface area contributed by atoms with Gasteiger partial charge in [0.1, 0.15) is 17.0 Å². The third-order valence-corrected chi connectivity index (χ3v) is 3.61. The van der Waals surface area contributed by atoms with Gasteiger partial charge in [-0.3, -0.25) is 19.1 Å². The maximum absolute atomic E-state index is 12.1. The maximum Gasteiger partial charge on any atom is 0.329 e. The third kappa shape index (κ3) is 2.93. The van der Waals surface area contributed by atoms with Gasteiger partial charge in [0.15, 0.2) is 11.2 Å². The van der Waals surface area contributed by atoms with Gasteiger partial charge in [0.05, 0.1) is 6.33 Å². The van der Waals surface area contributed by atoms with Crippen molar-refractivity contribution in [2.75, 3.05) is 5.32 Å². The van der Waals surface area contributed by atoms with Gasteiger partial charge in [-0.2, -0.15) is 0 Å². The molecule has 0 aliphatic carbocycles. The van der Waals surface area contributed by atoms with Crippen LogP contribution in [0.5, 0.6) is 0 Å². The molecule has 1 amide bonds. The van der Waals surface area contributed by atoms with E-state index in [4.69, 9.17) is 0 Å². The Kier molecular flexibility index (Phi) is 3.82. The van der Waals surface area contributed by atoms with Crippen molar-refractivity contribution in [1.29, 1.82) is 0 Å². The van der Waals surface area contributed by atoms with Crippen LogP contribution in [0.1, 0.15) is 0 Å². The molecule has 10 heteroatoms. The SMILES string of the molecule is Cn1c(=O)[nH]c(=O)c2c1ncn2CC(=O)Nc1cccc(Br)n1. The number of amides is 1. The molecule has 0 aromatic carbocycles. The second kappa shape index (κ2) is 5.80. The number of H-pyrrole nitrogens is 1. The highest BCUT2D eigenvalue weighted by Gasteiger charge is 2.14. The molecular formula is C13H11BrN6O3. The van der Waals surface area contributed by atoms with E-state index in [1.165, 1.54) is 22.5 Å². The van der Waals surface area contributed by atoms with E-state index < -0.39 is 11.2 Å². The highest BCUT2D eigenvalue weighted by molar-refractivity contribution is 9.10. The van der Waals surface area contributed by atoms with Crippen molar-refractivity contribution in [3.8, 4) is 0 Å². The first-order valence-corrected chi connectivity index (χ1v) is 7.31. The minimum Gasteiger partial charge on any atom is -0.315 e. The molecule has 2 N–H and O–H groups in total. The van der Waals surface area contributed by atoms with Crippen LogP contribution in [-0.4, -0.2) is 30.0 Å². The summed E-state index contributed by atoms with van der Waals surface area (Å²) in [5, 5.41) is 2.62. The number of pyridine rings is 1. The van der Waals surface area contributed by atoms with Gasteiger partial charge in [-0.1, -0.05) is 6.07 Å². The van der Waals surface area contributed by atoms with Crippen LogP contribution in [0.4, 0.5) is 5.82 Å². The number of aromatic amines is 1. The lowest BCUT2D eigenvalue weighted by Gasteiger charge is -2.06. The van der Waals surface area contributed by atoms with Crippen molar-refractivity contribution in [3.63, 3.8) is 0 Å². The second-order valence-corrected chi connectivity index (χ2v) is 5.57. The Labute approximate surface area is 137 Å². The van der Waals surface area contributed by atoms with Gasteiger partial charge in [-0.25, -0.2) is 14.8 Å². The van der Waals surface area contributed by atoms with Crippen molar-refractivity contribution in [1.82, 2.24) is 24.1 Å². The lowest BCUT2D eigenvalue weighted by atomic mass is 10.4. The molecule has 3 aromatic heterocycles. The minimum atomic E-state index is -0.589. The second-order valence-electron chi connectivity index (χ2n) is 4.76. The molecule has 0 radical (unpaired) electrons. The van der Waals surface area contributed by atoms with Gasteiger partial charge in [0, 0.05) is 7.05 Å². The van der Waals surface area contributed by atoms with E-state index in [0.717, 1.165) is 0 Å². The monoisotopic (exact) mass is 378 g/mol. The molecule has 3 rings (SSSR count). The van der Waals surface area contributed by atoms with Gasteiger partial charge in [-0.05, 0) is 28.1 Å². The number of carbonyl (C=O) groups is 1. The predicted molar refractivity (Wildman–Crippen MR) is 86.2 cm³/mol. The summed E-state index contributed by atoms with van der Waals surface area (Å²) in [6, 6.07) is 5.12. The van der Waals surface area contributed by atoms with E-state index in [1.54, 1.807) is 18.2 Å². The summed E-state index contributed by atoms with van der Waals surface area (Å²) in [7, 11) is 1.49. The minimum absolute atomic E-state index is 0.133. The molecule has 3 aromatic rings. The van der Waals surface area contributed by atoms with E-state index in [1.807, 2.05) is 0 Å². The largest absolute Gasteiger partial charge is 0.329 e. The van der Waals surface area contributed by atoms with Crippen LogP contribution >= 0.6 is 15.9 Å². The van der Waals surface area contributed by atoms with Crippen LogP contribution in [0.25, 0.3) is 11.2 Å². The zero-order valence-corrected chi connectivity index (χ0v) is 13.5. The van der Waals surface area contributed by atoms with Crippen molar-refractivity contribution < 1.29 is 4.79 Å². The Balaban J connectivity index is 1.90. The lowest BCUT2D eigenvalue weighted by Crippen LogP contribution is -2.30. The van der Waals surface area contributed by atoms with Crippen molar-refractivity contribution in [3.05, 3.63) is 50.0 Å². The summed E-state index contributed by atoms with van der Waals surface area (Å²) in [6.07, 6.45) is 1.34. The average molecular weight is 379 g/mol. The number of nitrogens with one attached hydrogen (secondary N) is 2. The normalized spacial score (nSPS) is 10.9. The van der Waals surface area contributed by atoms with E-state index >= 15 is 0 Å². The fraction of sp³-hybridized carbons (Fsp3) is 0.154. The van der Waals surface area contributed by atoms with Gasteiger partial charge < -0.3 is 9.88 Å². The number of anilines is 1. The number of fused-ring (bicyclic) bond motifs is 1. The number of halogens is 1. The Bertz CT molecular complexity index is 1020. The van der Waals surface area contributed by atoms with Crippen LogP contribution in [0.15, 0.2) is 38.7 Å². The van der Waals surface area contributed by atoms with Gasteiger partial charge in [0.2, 0.25) is 5.91 Å². The average Bonchev–Trinajstić information content (AvgIpc) is 2.89. The van der Waals surface area contributed by atoms with E-state index in [-0.39, 0.29) is 23.6 Å². The summed E-state index contributed by atoms with van der Waals surface area (Å²) >= 11 is 3.21.